The van der Waals surface area contributed by atoms with Gasteiger partial charge in [0.25, 0.3) is 17.3 Å². The SMILES string of the molecule is Cc1c([N+](=O)[O-])cc(C(=O)Nc2ccc(Cl)cc2)cc1[N+](=O)[O-]. The lowest BCUT2D eigenvalue weighted by Crippen LogP contribution is -2.13. The Hall–Kier alpha value is -3.00. The summed E-state index contributed by atoms with van der Waals surface area (Å²) < 4.78 is 0. The summed E-state index contributed by atoms with van der Waals surface area (Å²) in [4.78, 5) is 32.7. The van der Waals surface area contributed by atoms with Gasteiger partial charge in [-0.2, -0.15) is 0 Å². The molecule has 0 saturated heterocycles. The lowest BCUT2D eigenvalue weighted by atomic mass is 10.1. The monoisotopic (exact) mass is 335 g/mol. The van der Waals surface area contributed by atoms with Crippen molar-refractivity contribution in [1.29, 1.82) is 0 Å². The van der Waals surface area contributed by atoms with Crippen molar-refractivity contribution in [3.8, 4) is 0 Å². The zero-order valence-electron chi connectivity index (χ0n) is 11.8. The van der Waals surface area contributed by atoms with Gasteiger partial charge in [-0.3, -0.25) is 25.0 Å². The van der Waals surface area contributed by atoms with Crippen LogP contribution < -0.4 is 5.32 Å². The molecule has 2 rings (SSSR count). The first-order valence-corrected chi connectivity index (χ1v) is 6.67. The minimum atomic E-state index is -0.762. The maximum Gasteiger partial charge on any atom is 0.279 e. The number of nitrogens with zero attached hydrogens (tertiary/aromatic N) is 2. The summed E-state index contributed by atoms with van der Waals surface area (Å²) >= 11 is 5.73. The van der Waals surface area contributed by atoms with E-state index in [1.807, 2.05) is 0 Å². The third-order valence-electron chi connectivity index (χ3n) is 3.11. The van der Waals surface area contributed by atoms with Crippen molar-refractivity contribution in [3.63, 3.8) is 0 Å². The van der Waals surface area contributed by atoms with E-state index in [0.717, 1.165) is 12.1 Å². The fourth-order valence-electron chi connectivity index (χ4n) is 1.93. The average Bonchev–Trinajstić information content (AvgIpc) is 2.49. The van der Waals surface area contributed by atoms with Crippen LogP contribution in [0.3, 0.4) is 0 Å². The molecule has 1 N–H and O–H groups in total. The van der Waals surface area contributed by atoms with Gasteiger partial charge in [0, 0.05) is 22.8 Å². The molecule has 1 amide bonds. The second kappa shape index (κ2) is 6.41. The summed E-state index contributed by atoms with van der Waals surface area (Å²) in [5, 5.41) is 25.0. The smallest absolute Gasteiger partial charge is 0.279 e. The Labute approximate surface area is 135 Å². The zero-order valence-corrected chi connectivity index (χ0v) is 12.5. The molecule has 118 valence electrons. The van der Waals surface area contributed by atoms with Gasteiger partial charge in [-0.05, 0) is 31.2 Å². The Morgan fingerprint density at radius 2 is 1.52 bits per heavy atom. The van der Waals surface area contributed by atoms with Gasteiger partial charge in [0.15, 0.2) is 0 Å². The van der Waals surface area contributed by atoms with Crippen molar-refractivity contribution in [2.75, 3.05) is 5.32 Å². The highest BCUT2D eigenvalue weighted by Crippen LogP contribution is 2.29. The minimum absolute atomic E-state index is 0.108. The number of carbonyl (C=O) groups excluding carboxylic acids is 1. The number of anilines is 1. The third-order valence-corrected chi connectivity index (χ3v) is 3.36. The van der Waals surface area contributed by atoms with Crippen molar-refractivity contribution in [1.82, 2.24) is 0 Å². The Morgan fingerprint density at radius 1 is 1.04 bits per heavy atom. The van der Waals surface area contributed by atoms with Gasteiger partial charge in [0.2, 0.25) is 0 Å². The number of benzene rings is 2. The molecule has 23 heavy (non-hydrogen) atoms. The molecule has 0 fully saturated rings. The second-order valence-corrected chi connectivity index (χ2v) is 5.05. The number of carbonyl (C=O) groups is 1. The topological polar surface area (TPSA) is 115 Å². The summed E-state index contributed by atoms with van der Waals surface area (Å²) in [5.41, 5.74) is -0.849. The predicted molar refractivity (Wildman–Crippen MR) is 83.9 cm³/mol. The molecule has 2 aromatic carbocycles. The Bertz CT molecular complexity index is 770. The molecule has 0 aliphatic rings. The lowest BCUT2D eigenvalue weighted by molar-refractivity contribution is -0.395. The number of hydrogen-bond donors (Lipinski definition) is 1. The maximum absolute atomic E-state index is 12.2. The molecule has 0 radical (unpaired) electrons. The lowest BCUT2D eigenvalue weighted by Gasteiger charge is -2.07. The van der Waals surface area contributed by atoms with E-state index in [1.165, 1.54) is 19.1 Å². The summed E-state index contributed by atoms with van der Waals surface area (Å²) in [5.74, 6) is -0.696. The van der Waals surface area contributed by atoms with Crippen molar-refractivity contribution in [2.24, 2.45) is 0 Å². The van der Waals surface area contributed by atoms with E-state index in [0.29, 0.717) is 10.7 Å². The molecular weight excluding hydrogens is 326 g/mol. The molecule has 0 heterocycles. The molecule has 0 atom stereocenters. The van der Waals surface area contributed by atoms with Crippen LogP contribution in [0.5, 0.6) is 0 Å². The number of halogens is 1. The standard InChI is InChI=1S/C14H10ClN3O5/c1-8-12(17(20)21)6-9(7-13(8)18(22)23)14(19)16-11-4-2-10(15)3-5-11/h2-7H,1H3,(H,16,19). The summed E-state index contributed by atoms with van der Waals surface area (Å²) in [6, 6.07) is 8.20. The first kappa shape index (κ1) is 16.4. The largest absolute Gasteiger partial charge is 0.322 e. The highest BCUT2D eigenvalue weighted by molar-refractivity contribution is 6.30. The first-order valence-electron chi connectivity index (χ1n) is 6.30. The van der Waals surface area contributed by atoms with Gasteiger partial charge in [-0.1, -0.05) is 11.6 Å². The number of rotatable bonds is 4. The fraction of sp³-hybridized carbons (Fsp3) is 0.0714. The van der Waals surface area contributed by atoms with Crippen LogP contribution >= 0.6 is 11.6 Å². The second-order valence-electron chi connectivity index (χ2n) is 4.61. The summed E-state index contributed by atoms with van der Waals surface area (Å²) in [6.45, 7) is 1.26. The average molecular weight is 336 g/mol. The Morgan fingerprint density at radius 3 is 1.96 bits per heavy atom. The van der Waals surface area contributed by atoms with Crippen LogP contribution in [0.25, 0.3) is 0 Å². The molecule has 0 aliphatic carbocycles. The van der Waals surface area contributed by atoms with E-state index >= 15 is 0 Å². The molecule has 2 aromatic rings. The molecule has 0 unspecified atom stereocenters. The van der Waals surface area contributed by atoms with Crippen LogP contribution in [-0.4, -0.2) is 15.8 Å². The van der Waals surface area contributed by atoms with Gasteiger partial charge in [-0.25, -0.2) is 0 Å². The Balaban J connectivity index is 2.41. The van der Waals surface area contributed by atoms with Crippen LogP contribution in [0.1, 0.15) is 15.9 Å². The van der Waals surface area contributed by atoms with E-state index < -0.39 is 27.1 Å². The van der Waals surface area contributed by atoms with E-state index in [4.69, 9.17) is 11.6 Å². The molecule has 0 aliphatic heterocycles. The molecule has 0 spiro atoms. The number of hydrogen-bond acceptors (Lipinski definition) is 5. The number of nitrogens with one attached hydrogen (secondary N) is 1. The summed E-state index contributed by atoms with van der Waals surface area (Å²) in [6.07, 6.45) is 0. The van der Waals surface area contributed by atoms with Crippen molar-refractivity contribution in [2.45, 2.75) is 6.92 Å². The van der Waals surface area contributed by atoms with Gasteiger partial charge in [0.05, 0.1) is 15.4 Å². The van der Waals surface area contributed by atoms with Gasteiger partial charge in [0.1, 0.15) is 5.56 Å². The van der Waals surface area contributed by atoms with Gasteiger partial charge >= 0.3 is 0 Å². The third kappa shape index (κ3) is 3.61. The van der Waals surface area contributed by atoms with Gasteiger partial charge in [-0.15, -0.1) is 0 Å². The molecule has 0 saturated carbocycles. The summed E-state index contributed by atoms with van der Waals surface area (Å²) in [7, 11) is 0. The molecule has 8 nitrogen and oxygen atoms in total. The molecular formula is C14H10ClN3O5. The van der Waals surface area contributed by atoms with Crippen molar-refractivity contribution in [3.05, 3.63) is 72.8 Å². The van der Waals surface area contributed by atoms with E-state index in [1.54, 1.807) is 12.1 Å². The van der Waals surface area contributed by atoms with Gasteiger partial charge < -0.3 is 5.32 Å². The van der Waals surface area contributed by atoms with Crippen molar-refractivity contribution >= 4 is 34.6 Å². The van der Waals surface area contributed by atoms with Crippen molar-refractivity contribution < 1.29 is 14.6 Å². The highest BCUT2D eigenvalue weighted by atomic mass is 35.5. The molecule has 0 aromatic heterocycles. The van der Waals surface area contributed by atoms with Crippen LogP contribution in [0, 0.1) is 27.2 Å². The van der Waals surface area contributed by atoms with Crippen LogP contribution in [0.15, 0.2) is 36.4 Å². The van der Waals surface area contributed by atoms with E-state index in [-0.39, 0.29) is 11.1 Å². The predicted octanol–water partition coefficient (Wildman–Crippen LogP) is 3.72. The van der Waals surface area contributed by atoms with E-state index in [2.05, 4.69) is 5.32 Å². The van der Waals surface area contributed by atoms with Crippen LogP contribution in [-0.2, 0) is 0 Å². The number of amides is 1. The number of nitro benzene ring substituents is 2. The first-order chi connectivity index (χ1) is 10.8. The molecule has 0 bridgehead atoms. The zero-order chi connectivity index (χ0) is 17.1. The van der Waals surface area contributed by atoms with Crippen LogP contribution in [0.4, 0.5) is 17.1 Å². The Kier molecular flexibility index (Phi) is 4.56. The normalized spacial score (nSPS) is 10.2. The van der Waals surface area contributed by atoms with Crippen LogP contribution in [0.2, 0.25) is 5.02 Å². The van der Waals surface area contributed by atoms with E-state index in [9.17, 15) is 25.0 Å². The fourth-order valence-corrected chi connectivity index (χ4v) is 2.06. The number of nitro groups is 2. The molecule has 9 heteroatoms. The maximum atomic E-state index is 12.2. The quantitative estimate of drug-likeness (QED) is 0.675. The highest BCUT2D eigenvalue weighted by Gasteiger charge is 2.25. The minimum Gasteiger partial charge on any atom is -0.322 e.